The average molecular weight is 262 g/mol. The Hall–Kier alpha value is -0.930. The number of aromatic nitrogens is 1. The molecule has 1 aromatic rings. The summed E-state index contributed by atoms with van der Waals surface area (Å²) in [7, 11) is 0. The van der Waals surface area contributed by atoms with Crippen LogP contribution in [0.4, 0.5) is 0 Å². The number of hydrogen-bond donors (Lipinski definition) is 1. The van der Waals surface area contributed by atoms with E-state index in [4.69, 9.17) is 4.74 Å². The Morgan fingerprint density at radius 2 is 2.11 bits per heavy atom. The highest BCUT2D eigenvalue weighted by molar-refractivity contribution is 5.13. The van der Waals surface area contributed by atoms with Crippen LogP contribution in [0.1, 0.15) is 50.3 Å². The zero-order valence-electron chi connectivity index (χ0n) is 12.0. The number of nitrogens with zero attached hydrogens (tertiary/aromatic N) is 1. The van der Waals surface area contributed by atoms with Gasteiger partial charge in [0.2, 0.25) is 0 Å². The van der Waals surface area contributed by atoms with Gasteiger partial charge in [0.15, 0.2) is 0 Å². The van der Waals surface area contributed by atoms with Crippen molar-refractivity contribution in [2.75, 3.05) is 13.2 Å². The predicted molar refractivity (Wildman–Crippen MR) is 77.8 cm³/mol. The van der Waals surface area contributed by atoms with Crippen LogP contribution in [0.5, 0.6) is 0 Å². The van der Waals surface area contributed by atoms with E-state index in [0.717, 1.165) is 31.3 Å². The van der Waals surface area contributed by atoms with E-state index in [-0.39, 0.29) is 0 Å². The Balaban J connectivity index is 1.67. The van der Waals surface area contributed by atoms with Crippen LogP contribution in [0.3, 0.4) is 0 Å². The average Bonchev–Trinajstić information content (AvgIpc) is 2.47. The molecule has 106 valence electrons. The van der Waals surface area contributed by atoms with Gasteiger partial charge >= 0.3 is 0 Å². The van der Waals surface area contributed by atoms with Gasteiger partial charge in [-0.05, 0) is 36.9 Å². The van der Waals surface area contributed by atoms with Gasteiger partial charge in [-0.15, -0.1) is 0 Å². The minimum atomic E-state index is 0.651. The summed E-state index contributed by atoms with van der Waals surface area (Å²) in [5, 5.41) is 3.30. The number of pyridine rings is 1. The molecular weight excluding hydrogens is 236 g/mol. The third-order valence-corrected chi connectivity index (χ3v) is 3.79. The molecule has 19 heavy (non-hydrogen) atoms. The molecule has 0 unspecified atom stereocenters. The number of hydrogen-bond acceptors (Lipinski definition) is 3. The van der Waals surface area contributed by atoms with E-state index < -0.39 is 0 Å². The second-order valence-electron chi connectivity index (χ2n) is 5.46. The van der Waals surface area contributed by atoms with Crippen molar-refractivity contribution in [1.82, 2.24) is 10.3 Å². The third-order valence-electron chi connectivity index (χ3n) is 3.79. The summed E-state index contributed by atoms with van der Waals surface area (Å²) in [6.45, 7) is 5.55. The van der Waals surface area contributed by atoms with Crippen molar-refractivity contribution < 1.29 is 4.74 Å². The van der Waals surface area contributed by atoms with Crippen LogP contribution in [-0.4, -0.2) is 18.1 Å². The highest BCUT2D eigenvalue weighted by atomic mass is 16.5. The molecule has 0 amide bonds. The summed E-state index contributed by atoms with van der Waals surface area (Å²) in [4.78, 5) is 4.45. The molecule has 1 aliphatic carbocycles. The maximum absolute atomic E-state index is 5.80. The van der Waals surface area contributed by atoms with Crippen molar-refractivity contribution in [2.45, 2.75) is 52.2 Å². The largest absolute Gasteiger partial charge is 0.375 e. The molecule has 1 N–H and O–H groups in total. The molecule has 3 nitrogen and oxygen atoms in total. The number of ether oxygens (including phenoxy) is 1. The fourth-order valence-electron chi connectivity index (χ4n) is 2.60. The standard InChI is InChI=1S/C16H26N2O/c1-2-17-10-15-8-9-16(18-11-15)13-19-12-14-6-4-3-5-7-14/h8-9,11,14,17H,2-7,10,12-13H2,1H3. The molecular formula is C16H26N2O. The maximum atomic E-state index is 5.80. The molecule has 0 aliphatic heterocycles. The van der Waals surface area contributed by atoms with E-state index in [9.17, 15) is 0 Å². The van der Waals surface area contributed by atoms with E-state index >= 15 is 0 Å². The molecule has 0 saturated heterocycles. The van der Waals surface area contributed by atoms with Gasteiger partial charge in [0.1, 0.15) is 0 Å². The molecule has 3 heteroatoms. The first-order chi connectivity index (χ1) is 9.38. The molecule has 1 aromatic heterocycles. The van der Waals surface area contributed by atoms with Crippen molar-refractivity contribution in [3.63, 3.8) is 0 Å². The van der Waals surface area contributed by atoms with E-state index in [0.29, 0.717) is 6.61 Å². The first-order valence-electron chi connectivity index (χ1n) is 7.60. The maximum Gasteiger partial charge on any atom is 0.0887 e. The van der Waals surface area contributed by atoms with E-state index in [1.165, 1.54) is 37.7 Å². The van der Waals surface area contributed by atoms with Gasteiger partial charge < -0.3 is 10.1 Å². The SMILES string of the molecule is CCNCc1ccc(COCC2CCCCC2)nc1. The van der Waals surface area contributed by atoms with Gasteiger partial charge in [0.05, 0.1) is 12.3 Å². The second kappa shape index (κ2) is 8.28. The highest BCUT2D eigenvalue weighted by Gasteiger charge is 2.13. The van der Waals surface area contributed by atoms with Gasteiger partial charge in [0, 0.05) is 19.3 Å². The van der Waals surface area contributed by atoms with Crippen LogP contribution in [-0.2, 0) is 17.9 Å². The Kier molecular flexibility index (Phi) is 6.31. The number of rotatable bonds is 7. The predicted octanol–water partition coefficient (Wildman–Crippen LogP) is 3.29. The molecule has 1 heterocycles. The first kappa shape index (κ1) is 14.5. The van der Waals surface area contributed by atoms with Crippen LogP contribution in [0.25, 0.3) is 0 Å². The molecule has 2 rings (SSSR count). The van der Waals surface area contributed by atoms with Gasteiger partial charge in [-0.1, -0.05) is 32.3 Å². The number of nitrogens with one attached hydrogen (secondary N) is 1. The summed E-state index contributed by atoms with van der Waals surface area (Å²) in [6.07, 6.45) is 8.80. The minimum Gasteiger partial charge on any atom is -0.375 e. The van der Waals surface area contributed by atoms with Crippen LogP contribution >= 0.6 is 0 Å². The Labute approximate surface area is 116 Å². The van der Waals surface area contributed by atoms with Crippen molar-refractivity contribution in [3.05, 3.63) is 29.6 Å². The molecule has 0 spiro atoms. The topological polar surface area (TPSA) is 34.1 Å². The van der Waals surface area contributed by atoms with Gasteiger partial charge in [0.25, 0.3) is 0 Å². The molecule has 0 bridgehead atoms. The molecule has 0 radical (unpaired) electrons. The summed E-state index contributed by atoms with van der Waals surface area (Å²) < 4.78 is 5.80. The molecule has 1 saturated carbocycles. The van der Waals surface area contributed by atoms with E-state index in [1.54, 1.807) is 0 Å². The Bertz CT molecular complexity index is 344. The zero-order chi connectivity index (χ0) is 13.3. The van der Waals surface area contributed by atoms with Crippen molar-refractivity contribution >= 4 is 0 Å². The first-order valence-corrected chi connectivity index (χ1v) is 7.60. The summed E-state index contributed by atoms with van der Waals surface area (Å²) in [5.41, 5.74) is 2.27. The molecule has 1 aliphatic rings. The van der Waals surface area contributed by atoms with Crippen LogP contribution in [0.2, 0.25) is 0 Å². The fraction of sp³-hybridized carbons (Fsp3) is 0.688. The second-order valence-corrected chi connectivity index (χ2v) is 5.46. The highest BCUT2D eigenvalue weighted by Crippen LogP contribution is 2.23. The van der Waals surface area contributed by atoms with Gasteiger partial charge in [-0.25, -0.2) is 0 Å². The van der Waals surface area contributed by atoms with Crippen molar-refractivity contribution in [3.8, 4) is 0 Å². The van der Waals surface area contributed by atoms with Crippen LogP contribution < -0.4 is 5.32 Å². The van der Waals surface area contributed by atoms with E-state index in [1.807, 2.05) is 6.20 Å². The lowest BCUT2D eigenvalue weighted by atomic mass is 9.90. The summed E-state index contributed by atoms with van der Waals surface area (Å²) in [6, 6.07) is 4.21. The Morgan fingerprint density at radius 1 is 1.26 bits per heavy atom. The monoisotopic (exact) mass is 262 g/mol. The van der Waals surface area contributed by atoms with Crippen molar-refractivity contribution in [1.29, 1.82) is 0 Å². The Morgan fingerprint density at radius 3 is 2.79 bits per heavy atom. The van der Waals surface area contributed by atoms with Crippen molar-refractivity contribution in [2.24, 2.45) is 5.92 Å². The third kappa shape index (κ3) is 5.29. The summed E-state index contributed by atoms with van der Waals surface area (Å²) >= 11 is 0. The lowest BCUT2D eigenvalue weighted by Gasteiger charge is -2.21. The summed E-state index contributed by atoms with van der Waals surface area (Å²) in [5.74, 6) is 0.779. The van der Waals surface area contributed by atoms with E-state index in [2.05, 4.69) is 29.4 Å². The lowest BCUT2D eigenvalue weighted by Crippen LogP contribution is -2.14. The molecule has 1 fully saturated rings. The van der Waals surface area contributed by atoms with Crippen LogP contribution in [0.15, 0.2) is 18.3 Å². The minimum absolute atomic E-state index is 0.651. The molecule has 0 aromatic carbocycles. The smallest absolute Gasteiger partial charge is 0.0887 e. The van der Waals surface area contributed by atoms with Crippen LogP contribution in [0, 0.1) is 5.92 Å². The van der Waals surface area contributed by atoms with Gasteiger partial charge in [-0.3, -0.25) is 4.98 Å². The zero-order valence-corrected chi connectivity index (χ0v) is 12.0. The molecule has 0 atom stereocenters. The normalized spacial score (nSPS) is 16.7. The fourth-order valence-corrected chi connectivity index (χ4v) is 2.60. The van der Waals surface area contributed by atoms with Gasteiger partial charge in [-0.2, -0.15) is 0 Å². The quantitative estimate of drug-likeness (QED) is 0.818. The lowest BCUT2D eigenvalue weighted by molar-refractivity contribution is 0.0720.